The number of rotatable bonds is 11. The van der Waals surface area contributed by atoms with Crippen LogP contribution in [0.15, 0.2) is 77.7 Å². The molecule has 0 unspecified atom stereocenters. The van der Waals surface area contributed by atoms with Crippen molar-refractivity contribution in [3.63, 3.8) is 0 Å². The number of carbonyl (C=O) groups is 2. The van der Waals surface area contributed by atoms with Crippen molar-refractivity contribution >= 4 is 27.5 Å². The van der Waals surface area contributed by atoms with Crippen LogP contribution in [0.2, 0.25) is 0 Å². The SMILES string of the molecule is CC[C@H](C(=O)NC1CCCCC1)N(Cc1cccc(C)c1)C(=O)CN(c1ccc(C)cc1C)S(=O)(=O)c1ccccc1. The Bertz CT molecular complexity index is 1480. The Labute approximate surface area is 251 Å². The molecule has 2 amide bonds. The van der Waals surface area contributed by atoms with E-state index in [1.165, 1.54) is 22.9 Å². The summed E-state index contributed by atoms with van der Waals surface area (Å²) in [4.78, 5) is 29.6. The zero-order valence-electron chi connectivity index (χ0n) is 25.2. The number of nitrogens with zero attached hydrogens (tertiary/aromatic N) is 2. The van der Waals surface area contributed by atoms with Gasteiger partial charge in [0.2, 0.25) is 11.8 Å². The minimum absolute atomic E-state index is 0.0985. The highest BCUT2D eigenvalue weighted by molar-refractivity contribution is 7.92. The Kier molecular flexibility index (Phi) is 10.4. The Morgan fingerprint density at radius 2 is 1.57 bits per heavy atom. The topological polar surface area (TPSA) is 86.8 Å². The van der Waals surface area contributed by atoms with Gasteiger partial charge in [-0.15, -0.1) is 0 Å². The van der Waals surface area contributed by atoms with E-state index in [0.29, 0.717) is 12.1 Å². The normalized spacial score (nSPS) is 14.7. The summed E-state index contributed by atoms with van der Waals surface area (Å²) in [5, 5.41) is 3.19. The van der Waals surface area contributed by atoms with Gasteiger partial charge in [-0.3, -0.25) is 13.9 Å². The van der Waals surface area contributed by atoms with E-state index >= 15 is 0 Å². The standard InChI is InChI=1S/C34H43N3O4S/c1-5-31(34(39)35-29-15-8-6-9-16-29)36(23-28-14-12-13-25(2)22-28)33(38)24-37(32-20-19-26(3)21-27(32)4)42(40,41)30-17-10-7-11-18-30/h7,10-14,17-22,29,31H,5-6,8-9,15-16,23-24H2,1-4H3,(H,35,39)/t31-/m1/s1. The summed E-state index contributed by atoms with van der Waals surface area (Å²) >= 11 is 0. The molecule has 0 radical (unpaired) electrons. The quantitative estimate of drug-likeness (QED) is 0.294. The van der Waals surface area contributed by atoms with Crippen molar-refractivity contribution in [2.75, 3.05) is 10.8 Å². The third-order valence-corrected chi connectivity index (χ3v) is 9.78. The van der Waals surface area contributed by atoms with E-state index in [1.54, 1.807) is 29.2 Å². The lowest BCUT2D eigenvalue weighted by Crippen LogP contribution is -2.54. The molecule has 224 valence electrons. The predicted molar refractivity (Wildman–Crippen MR) is 168 cm³/mol. The number of hydrogen-bond donors (Lipinski definition) is 1. The lowest BCUT2D eigenvalue weighted by atomic mass is 9.95. The number of anilines is 1. The van der Waals surface area contributed by atoms with E-state index in [2.05, 4.69) is 5.32 Å². The zero-order valence-corrected chi connectivity index (χ0v) is 26.0. The van der Waals surface area contributed by atoms with E-state index in [4.69, 9.17) is 0 Å². The largest absolute Gasteiger partial charge is 0.352 e. The molecule has 1 fully saturated rings. The predicted octanol–water partition coefficient (Wildman–Crippen LogP) is 6.06. The van der Waals surface area contributed by atoms with Gasteiger partial charge in [-0.25, -0.2) is 8.42 Å². The first kappa shape index (κ1) is 31.3. The molecule has 0 spiro atoms. The fraction of sp³-hybridized carbons (Fsp3) is 0.412. The van der Waals surface area contributed by atoms with Crippen LogP contribution >= 0.6 is 0 Å². The molecule has 1 N–H and O–H groups in total. The highest BCUT2D eigenvalue weighted by atomic mass is 32.2. The van der Waals surface area contributed by atoms with E-state index in [9.17, 15) is 18.0 Å². The fourth-order valence-electron chi connectivity index (χ4n) is 5.79. The van der Waals surface area contributed by atoms with Gasteiger partial charge in [-0.2, -0.15) is 0 Å². The van der Waals surface area contributed by atoms with Crippen LogP contribution < -0.4 is 9.62 Å². The van der Waals surface area contributed by atoms with Gasteiger partial charge >= 0.3 is 0 Å². The smallest absolute Gasteiger partial charge is 0.264 e. The molecule has 0 aliphatic heterocycles. The van der Waals surface area contributed by atoms with Gasteiger partial charge in [-0.1, -0.05) is 91.9 Å². The van der Waals surface area contributed by atoms with E-state index in [-0.39, 0.29) is 23.4 Å². The molecular formula is C34H43N3O4S. The molecule has 1 saturated carbocycles. The molecule has 1 atom stereocenters. The van der Waals surface area contributed by atoms with Crippen LogP contribution in [0.25, 0.3) is 0 Å². The minimum Gasteiger partial charge on any atom is -0.352 e. The van der Waals surface area contributed by atoms with Gasteiger partial charge in [-0.05, 0) is 69.4 Å². The molecule has 0 saturated heterocycles. The molecule has 0 bridgehead atoms. The summed E-state index contributed by atoms with van der Waals surface area (Å²) in [5.41, 5.74) is 4.10. The maximum atomic E-state index is 14.3. The lowest BCUT2D eigenvalue weighted by molar-refractivity contribution is -0.140. The molecular weight excluding hydrogens is 546 g/mol. The van der Waals surface area contributed by atoms with Crippen LogP contribution in [-0.4, -0.2) is 43.8 Å². The summed E-state index contributed by atoms with van der Waals surface area (Å²) in [6.07, 6.45) is 5.61. The van der Waals surface area contributed by atoms with Crippen LogP contribution in [0.1, 0.15) is 67.7 Å². The van der Waals surface area contributed by atoms with E-state index in [0.717, 1.165) is 47.9 Å². The first-order valence-electron chi connectivity index (χ1n) is 14.9. The summed E-state index contributed by atoms with van der Waals surface area (Å²) < 4.78 is 29.3. The number of carbonyl (C=O) groups excluding carboxylic acids is 2. The second-order valence-electron chi connectivity index (χ2n) is 11.4. The molecule has 4 rings (SSSR count). The summed E-state index contributed by atoms with van der Waals surface area (Å²) in [6, 6.07) is 20.9. The lowest BCUT2D eigenvalue weighted by Gasteiger charge is -2.35. The van der Waals surface area contributed by atoms with Crippen LogP contribution in [0.3, 0.4) is 0 Å². The van der Waals surface area contributed by atoms with Crippen LogP contribution in [0, 0.1) is 20.8 Å². The molecule has 3 aromatic carbocycles. The van der Waals surface area contributed by atoms with Crippen LogP contribution in [0.5, 0.6) is 0 Å². The molecule has 0 aromatic heterocycles. The number of amides is 2. The molecule has 7 nitrogen and oxygen atoms in total. The number of nitrogens with one attached hydrogen (secondary N) is 1. The number of benzene rings is 3. The van der Waals surface area contributed by atoms with Crippen molar-refractivity contribution < 1.29 is 18.0 Å². The van der Waals surface area contributed by atoms with Crippen molar-refractivity contribution in [1.82, 2.24) is 10.2 Å². The van der Waals surface area contributed by atoms with Crippen LogP contribution in [-0.2, 0) is 26.2 Å². The molecule has 0 heterocycles. The minimum atomic E-state index is -4.09. The average Bonchev–Trinajstić information content (AvgIpc) is 2.97. The third kappa shape index (κ3) is 7.59. The van der Waals surface area contributed by atoms with Crippen molar-refractivity contribution in [1.29, 1.82) is 0 Å². The van der Waals surface area contributed by atoms with Gasteiger partial charge in [0.1, 0.15) is 12.6 Å². The van der Waals surface area contributed by atoms with Gasteiger partial charge in [0.05, 0.1) is 10.6 Å². The first-order chi connectivity index (χ1) is 20.1. The second kappa shape index (κ2) is 14.0. The van der Waals surface area contributed by atoms with Crippen molar-refractivity contribution in [2.45, 2.75) is 89.7 Å². The van der Waals surface area contributed by atoms with Gasteiger partial charge in [0.25, 0.3) is 10.0 Å². The monoisotopic (exact) mass is 589 g/mol. The highest BCUT2D eigenvalue weighted by Crippen LogP contribution is 2.28. The maximum Gasteiger partial charge on any atom is 0.264 e. The van der Waals surface area contributed by atoms with Crippen molar-refractivity contribution in [3.8, 4) is 0 Å². The summed E-state index contributed by atoms with van der Waals surface area (Å²) in [5.74, 6) is -0.615. The Morgan fingerprint density at radius 1 is 0.881 bits per heavy atom. The average molecular weight is 590 g/mol. The van der Waals surface area contributed by atoms with E-state index < -0.39 is 28.5 Å². The second-order valence-corrected chi connectivity index (χ2v) is 13.3. The third-order valence-electron chi connectivity index (χ3n) is 8.00. The Hall–Kier alpha value is -3.65. The summed E-state index contributed by atoms with van der Waals surface area (Å²) in [6.45, 7) is 7.43. The van der Waals surface area contributed by atoms with Gasteiger partial charge in [0, 0.05) is 12.6 Å². The first-order valence-corrected chi connectivity index (χ1v) is 16.3. The number of hydrogen-bond acceptors (Lipinski definition) is 4. The Balaban J connectivity index is 1.72. The molecule has 1 aliphatic rings. The highest BCUT2D eigenvalue weighted by Gasteiger charge is 2.34. The van der Waals surface area contributed by atoms with Gasteiger partial charge in [0.15, 0.2) is 0 Å². The van der Waals surface area contributed by atoms with Crippen molar-refractivity contribution in [3.05, 3.63) is 95.1 Å². The molecule has 42 heavy (non-hydrogen) atoms. The maximum absolute atomic E-state index is 14.3. The van der Waals surface area contributed by atoms with Gasteiger partial charge < -0.3 is 10.2 Å². The van der Waals surface area contributed by atoms with Crippen molar-refractivity contribution in [2.24, 2.45) is 0 Å². The van der Waals surface area contributed by atoms with E-state index in [1.807, 2.05) is 64.1 Å². The fourth-order valence-corrected chi connectivity index (χ4v) is 7.29. The molecule has 3 aromatic rings. The number of sulfonamides is 1. The van der Waals surface area contributed by atoms with Crippen LogP contribution in [0.4, 0.5) is 5.69 Å². The summed E-state index contributed by atoms with van der Waals surface area (Å²) in [7, 11) is -4.09. The number of aryl methyl sites for hydroxylation is 3. The molecule has 8 heteroatoms. The molecule has 1 aliphatic carbocycles. The zero-order chi connectivity index (χ0) is 30.3. The Morgan fingerprint density at radius 3 is 2.21 bits per heavy atom.